The highest BCUT2D eigenvalue weighted by atomic mass is 79.9. The van der Waals surface area contributed by atoms with E-state index in [-0.39, 0.29) is 12.6 Å². The number of amides is 1. The number of halogens is 1. The van der Waals surface area contributed by atoms with Crippen molar-refractivity contribution in [3.63, 3.8) is 0 Å². The molecule has 2 aromatic rings. The molecule has 1 amide bonds. The Bertz CT molecular complexity index is 590. The maximum Gasteiger partial charge on any atom is 0.407 e. The van der Waals surface area contributed by atoms with Gasteiger partial charge in [0, 0.05) is 17.1 Å². The molecule has 0 saturated carbocycles. The third-order valence-corrected chi connectivity index (χ3v) is 3.45. The Balaban J connectivity index is 1.76. The first kappa shape index (κ1) is 15.5. The van der Waals surface area contributed by atoms with Crippen LogP contribution >= 0.6 is 15.9 Å². The van der Waals surface area contributed by atoms with Gasteiger partial charge in [-0.15, -0.1) is 0 Å². The van der Waals surface area contributed by atoms with Crippen molar-refractivity contribution in [1.29, 1.82) is 0 Å². The fourth-order valence-electron chi connectivity index (χ4n) is 1.82. The molecule has 0 spiro atoms. The molecular weight excluding hydrogens is 332 g/mol. The Morgan fingerprint density at radius 2 is 1.95 bits per heavy atom. The van der Waals surface area contributed by atoms with E-state index in [9.17, 15) is 4.79 Å². The summed E-state index contributed by atoms with van der Waals surface area (Å²) in [5.41, 5.74) is 7.93. The maximum atomic E-state index is 11.6. The van der Waals surface area contributed by atoms with E-state index >= 15 is 0 Å². The van der Waals surface area contributed by atoms with Crippen LogP contribution in [0.15, 0.2) is 59.1 Å². The van der Waals surface area contributed by atoms with Gasteiger partial charge in [-0.3, -0.25) is 0 Å². The lowest BCUT2D eigenvalue weighted by molar-refractivity contribution is 0.139. The number of nitrogens with two attached hydrogens (primary N) is 1. The molecule has 0 heterocycles. The SMILES string of the molecule is NC(CNC(=O)OCc1ccccc1)c1cccc(Br)c1. The van der Waals surface area contributed by atoms with Crippen LogP contribution in [0, 0.1) is 0 Å². The zero-order valence-corrected chi connectivity index (χ0v) is 13.0. The highest BCUT2D eigenvalue weighted by Crippen LogP contribution is 2.16. The number of carbonyl (C=O) groups is 1. The molecule has 2 aromatic carbocycles. The summed E-state index contributed by atoms with van der Waals surface area (Å²) in [4.78, 5) is 11.6. The van der Waals surface area contributed by atoms with Crippen LogP contribution in [0.3, 0.4) is 0 Å². The summed E-state index contributed by atoms with van der Waals surface area (Å²) in [6.07, 6.45) is -0.468. The molecule has 0 radical (unpaired) electrons. The van der Waals surface area contributed by atoms with E-state index in [4.69, 9.17) is 10.5 Å². The first-order chi connectivity index (χ1) is 10.1. The second-order valence-corrected chi connectivity index (χ2v) is 5.52. The van der Waals surface area contributed by atoms with Gasteiger partial charge in [0.1, 0.15) is 6.61 Å². The van der Waals surface area contributed by atoms with Crippen molar-refractivity contribution in [2.45, 2.75) is 12.6 Å². The van der Waals surface area contributed by atoms with Crippen LogP contribution in [0.4, 0.5) is 4.79 Å². The lowest BCUT2D eigenvalue weighted by Crippen LogP contribution is -2.32. The zero-order valence-electron chi connectivity index (χ0n) is 11.5. The van der Waals surface area contributed by atoms with Crippen molar-refractivity contribution < 1.29 is 9.53 Å². The van der Waals surface area contributed by atoms with Crippen molar-refractivity contribution in [2.75, 3.05) is 6.54 Å². The first-order valence-corrected chi connectivity index (χ1v) is 7.40. The number of carbonyl (C=O) groups excluding carboxylic acids is 1. The van der Waals surface area contributed by atoms with Gasteiger partial charge in [0.2, 0.25) is 0 Å². The zero-order chi connectivity index (χ0) is 15.1. The minimum absolute atomic E-state index is 0.249. The minimum Gasteiger partial charge on any atom is -0.445 e. The summed E-state index contributed by atoms with van der Waals surface area (Å²) in [6.45, 7) is 0.572. The van der Waals surface area contributed by atoms with Crippen LogP contribution < -0.4 is 11.1 Å². The fourth-order valence-corrected chi connectivity index (χ4v) is 2.24. The number of rotatable bonds is 5. The lowest BCUT2D eigenvalue weighted by Gasteiger charge is -2.13. The average Bonchev–Trinajstić information content (AvgIpc) is 2.51. The van der Waals surface area contributed by atoms with E-state index in [0.29, 0.717) is 6.54 Å². The van der Waals surface area contributed by atoms with Crippen molar-refractivity contribution in [3.8, 4) is 0 Å². The summed E-state index contributed by atoms with van der Waals surface area (Å²) in [5.74, 6) is 0. The summed E-state index contributed by atoms with van der Waals surface area (Å²) in [6, 6.07) is 17.0. The maximum absolute atomic E-state index is 11.6. The topological polar surface area (TPSA) is 64.3 Å². The molecule has 0 aliphatic carbocycles. The molecule has 1 unspecified atom stereocenters. The first-order valence-electron chi connectivity index (χ1n) is 6.61. The number of hydrogen-bond donors (Lipinski definition) is 2. The van der Waals surface area contributed by atoms with Gasteiger partial charge in [-0.2, -0.15) is 0 Å². The van der Waals surface area contributed by atoms with Crippen molar-refractivity contribution >= 4 is 22.0 Å². The lowest BCUT2D eigenvalue weighted by atomic mass is 10.1. The minimum atomic E-state index is -0.468. The molecule has 0 aliphatic rings. The predicted octanol–water partition coefficient (Wildman–Crippen LogP) is 3.38. The van der Waals surface area contributed by atoms with Crippen LogP contribution in [0.25, 0.3) is 0 Å². The number of ether oxygens (including phenoxy) is 1. The summed E-state index contributed by atoms with van der Waals surface area (Å²) >= 11 is 3.39. The Morgan fingerprint density at radius 3 is 2.67 bits per heavy atom. The highest BCUT2D eigenvalue weighted by molar-refractivity contribution is 9.10. The third-order valence-electron chi connectivity index (χ3n) is 2.96. The standard InChI is InChI=1S/C16H17BrN2O2/c17-14-8-4-7-13(9-14)15(18)10-19-16(20)21-11-12-5-2-1-3-6-12/h1-9,15H,10-11,18H2,(H,19,20). The Kier molecular flexibility index (Phi) is 5.78. The van der Waals surface area contributed by atoms with E-state index in [1.165, 1.54) is 0 Å². The molecule has 3 N–H and O–H groups in total. The molecule has 21 heavy (non-hydrogen) atoms. The van der Waals surface area contributed by atoms with Crippen LogP contribution in [-0.4, -0.2) is 12.6 Å². The molecule has 0 saturated heterocycles. The van der Waals surface area contributed by atoms with Gasteiger partial charge in [0.15, 0.2) is 0 Å². The van der Waals surface area contributed by atoms with E-state index in [1.807, 2.05) is 54.6 Å². The van der Waals surface area contributed by atoms with Crippen molar-refractivity contribution in [1.82, 2.24) is 5.32 Å². The van der Waals surface area contributed by atoms with E-state index in [2.05, 4.69) is 21.2 Å². The molecular formula is C16H17BrN2O2. The normalized spacial score (nSPS) is 11.7. The summed E-state index contributed by atoms with van der Waals surface area (Å²) in [7, 11) is 0. The number of nitrogens with one attached hydrogen (secondary N) is 1. The largest absolute Gasteiger partial charge is 0.445 e. The van der Waals surface area contributed by atoms with Crippen LogP contribution in [-0.2, 0) is 11.3 Å². The molecule has 1 atom stereocenters. The molecule has 0 bridgehead atoms. The third kappa shape index (κ3) is 5.21. The summed E-state index contributed by atoms with van der Waals surface area (Å²) < 4.78 is 6.08. The van der Waals surface area contributed by atoms with Crippen LogP contribution in [0.1, 0.15) is 17.2 Å². The number of hydrogen-bond acceptors (Lipinski definition) is 3. The monoisotopic (exact) mass is 348 g/mol. The fraction of sp³-hybridized carbons (Fsp3) is 0.188. The molecule has 0 fully saturated rings. The second-order valence-electron chi connectivity index (χ2n) is 4.60. The van der Waals surface area contributed by atoms with E-state index < -0.39 is 6.09 Å². The van der Waals surface area contributed by atoms with Gasteiger partial charge in [-0.05, 0) is 23.3 Å². The second kappa shape index (κ2) is 7.81. The van der Waals surface area contributed by atoms with E-state index in [1.54, 1.807) is 0 Å². The van der Waals surface area contributed by atoms with Gasteiger partial charge >= 0.3 is 6.09 Å². The molecule has 5 heteroatoms. The smallest absolute Gasteiger partial charge is 0.407 e. The van der Waals surface area contributed by atoms with E-state index in [0.717, 1.165) is 15.6 Å². The number of alkyl carbamates (subject to hydrolysis) is 1. The number of benzene rings is 2. The Morgan fingerprint density at radius 1 is 1.19 bits per heavy atom. The van der Waals surface area contributed by atoms with Gasteiger partial charge in [0.05, 0.1) is 0 Å². The molecule has 0 aromatic heterocycles. The van der Waals surface area contributed by atoms with Gasteiger partial charge in [-0.1, -0.05) is 58.4 Å². The Labute approximate surface area is 132 Å². The van der Waals surface area contributed by atoms with Crippen LogP contribution in [0.2, 0.25) is 0 Å². The quantitative estimate of drug-likeness (QED) is 0.870. The highest BCUT2D eigenvalue weighted by Gasteiger charge is 2.09. The average molecular weight is 349 g/mol. The molecule has 4 nitrogen and oxygen atoms in total. The Hall–Kier alpha value is -1.85. The van der Waals surface area contributed by atoms with Gasteiger partial charge in [0.25, 0.3) is 0 Å². The summed E-state index contributed by atoms with van der Waals surface area (Å²) in [5, 5.41) is 2.67. The van der Waals surface area contributed by atoms with Crippen molar-refractivity contribution in [3.05, 3.63) is 70.2 Å². The molecule has 2 rings (SSSR count). The van der Waals surface area contributed by atoms with Crippen molar-refractivity contribution in [2.24, 2.45) is 5.73 Å². The van der Waals surface area contributed by atoms with Gasteiger partial charge < -0.3 is 15.8 Å². The predicted molar refractivity (Wildman–Crippen MR) is 85.7 cm³/mol. The van der Waals surface area contributed by atoms with Crippen LogP contribution in [0.5, 0.6) is 0 Å². The molecule has 110 valence electrons. The van der Waals surface area contributed by atoms with Gasteiger partial charge in [-0.25, -0.2) is 4.79 Å². The molecule has 0 aliphatic heterocycles.